The Morgan fingerprint density at radius 1 is 0.938 bits per heavy atom. The van der Waals surface area contributed by atoms with Gasteiger partial charge in [0.15, 0.2) is 0 Å². The summed E-state index contributed by atoms with van der Waals surface area (Å²) in [5.74, 6) is 0. The lowest BCUT2D eigenvalue weighted by atomic mass is 10.4. The highest BCUT2D eigenvalue weighted by Gasteiger charge is 2.28. The minimum Gasteiger partial charge on any atom is -0.400 e. The predicted molar refractivity (Wildman–Crippen MR) is 68.6 cm³/mol. The molecule has 2 heterocycles. The number of aliphatic hydroxyl groups is 1. The molecule has 3 nitrogen and oxygen atoms in total. The van der Waals surface area contributed by atoms with E-state index in [0.29, 0.717) is 24.4 Å². The van der Waals surface area contributed by atoms with Crippen LogP contribution in [0.25, 0.3) is 0 Å². The highest BCUT2D eigenvalue weighted by molar-refractivity contribution is 4.73. The maximum atomic E-state index is 7.00. The minimum absolute atomic E-state index is 0.551. The van der Waals surface area contributed by atoms with Gasteiger partial charge in [0.1, 0.15) is 0 Å². The summed E-state index contributed by atoms with van der Waals surface area (Å²) in [5.41, 5.74) is 0. The molecule has 16 heavy (non-hydrogen) atoms. The van der Waals surface area contributed by atoms with Gasteiger partial charge in [0.2, 0.25) is 0 Å². The number of aliphatic hydroxyl groups excluding tert-OH is 1. The molecule has 1 N–H and O–H groups in total. The lowest BCUT2D eigenvalue weighted by Crippen LogP contribution is -1.74. The number of hydrogen-bond acceptors (Lipinski definition) is 3. The Morgan fingerprint density at radius 3 is 1.06 bits per heavy atom. The van der Waals surface area contributed by atoms with Crippen LogP contribution in [0.5, 0.6) is 0 Å². The van der Waals surface area contributed by atoms with E-state index >= 15 is 0 Å². The molecule has 2 aliphatic heterocycles. The number of allylic oxidation sites excluding steroid dienone is 1. The van der Waals surface area contributed by atoms with Crippen molar-refractivity contribution in [2.24, 2.45) is 0 Å². The van der Waals surface area contributed by atoms with Gasteiger partial charge in [-0.3, -0.25) is 0 Å². The van der Waals surface area contributed by atoms with Crippen LogP contribution in [0.4, 0.5) is 0 Å². The maximum Gasteiger partial charge on any atom is 0.0811 e. The van der Waals surface area contributed by atoms with Crippen molar-refractivity contribution in [2.45, 2.75) is 65.5 Å². The third-order valence-corrected chi connectivity index (χ3v) is 2.32. The van der Waals surface area contributed by atoms with E-state index in [9.17, 15) is 0 Å². The molecule has 2 saturated heterocycles. The number of hydrogen-bond donors (Lipinski definition) is 1. The molecule has 0 aliphatic carbocycles. The van der Waals surface area contributed by atoms with Crippen LogP contribution in [-0.2, 0) is 9.47 Å². The van der Waals surface area contributed by atoms with Crippen LogP contribution in [0, 0.1) is 0 Å². The van der Waals surface area contributed by atoms with Gasteiger partial charge in [0.05, 0.1) is 24.4 Å². The van der Waals surface area contributed by atoms with Crippen molar-refractivity contribution >= 4 is 0 Å². The molecule has 0 aromatic carbocycles. The molecule has 4 atom stereocenters. The van der Waals surface area contributed by atoms with Crippen LogP contribution < -0.4 is 0 Å². The average molecular weight is 232 g/mol. The quantitative estimate of drug-likeness (QED) is 0.558. The van der Waals surface area contributed by atoms with E-state index in [4.69, 9.17) is 14.6 Å². The van der Waals surface area contributed by atoms with Gasteiger partial charge in [0, 0.05) is 7.11 Å². The van der Waals surface area contributed by atoms with Gasteiger partial charge in [-0.2, -0.15) is 0 Å². The molecule has 0 spiro atoms. The molecule has 0 aromatic heterocycles. The predicted octanol–water partition coefficient (Wildman–Crippen LogP) is 2.78. The van der Waals surface area contributed by atoms with E-state index in [0.717, 1.165) is 13.5 Å². The zero-order valence-corrected chi connectivity index (χ0v) is 11.6. The Kier molecular flexibility index (Phi) is 12.5. The summed E-state index contributed by atoms with van der Waals surface area (Å²) >= 11 is 0. The monoisotopic (exact) mass is 232 g/mol. The Bertz CT molecular complexity index is 133. The Labute approximate surface area is 100 Å². The SMILES string of the molecule is C=CCC.CC1OC1C.CC1OC1C.CO. The second-order valence-corrected chi connectivity index (χ2v) is 3.79. The van der Waals surface area contributed by atoms with Crippen LogP contribution >= 0.6 is 0 Å². The van der Waals surface area contributed by atoms with E-state index in [1.54, 1.807) is 0 Å². The fraction of sp³-hybridized carbons (Fsp3) is 0.846. The van der Waals surface area contributed by atoms with Gasteiger partial charge in [0.25, 0.3) is 0 Å². The van der Waals surface area contributed by atoms with Gasteiger partial charge in [-0.15, -0.1) is 6.58 Å². The third kappa shape index (κ3) is 13.6. The lowest BCUT2D eigenvalue weighted by molar-refractivity contribution is 0.388. The minimum atomic E-state index is 0.551. The molecular formula is C13H28O3. The summed E-state index contributed by atoms with van der Waals surface area (Å²) in [6.45, 7) is 13.8. The summed E-state index contributed by atoms with van der Waals surface area (Å²) in [6.07, 6.45) is 5.16. The van der Waals surface area contributed by atoms with Crippen molar-refractivity contribution in [1.29, 1.82) is 0 Å². The van der Waals surface area contributed by atoms with Crippen molar-refractivity contribution in [3.05, 3.63) is 12.7 Å². The normalized spacial score (nSPS) is 32.7. The first kappa shape index (κ1) is 18.0. The van der Waals surface area contributed by atoms with Crippen molar-refractivity contribution in [2.75, 3.05) is 7.11 Å². The van der Waals surface area contributed by atoms with Crippen molar-refractivity contribution in [3.8, 4) is 0 Å². The van der Waals surface area contributed by atoms with Crippen molar-refractivity contribution < 1.29 is 14.6 Å². The molecule has 2 aliphatic rings. The van der Waals surface area contributed by atoms with Gasteiger partial charge < -0.3 is 14.6 Å². The maximum absolute atomic E-state index is 7.00. The summed E-state index contributed by atoms with van der Waals surface area (Å²) in [5, 5.41) is 7.00. The molecule has 0 amide bonds. The molecule has 4 unspecified atom stereocenters. The lowest BCUT2D eigenvalue weighted by Gasteiger charge is -1.57. The fourth-order valence-electron chi connectivity index (χ4n) is 0.586. The molecule has 0 radical (unpaired) electrons. The first-order chi connectivity index (χ1) is 7.52. The second-order valence-electron chi connectivity index (χ2n) is 3.79. The molecule has 0 aromatic rings. The number of ether oxygens (including phenoxy) is 2. The van der Waals surface area contributed by atoms with Crippen LogP contribution in [0.1, 0.15) is 41.0 Å². The summed E-state index contributed by atoms with van der Waals surface area (Å²) < 4.78 is 9.83. The zero-order valence-electron chi connectivity index (χ0n) is 11.6. The summed E-state index contributed by atoms with van der Waals surface area (Å²) in [4.78, 5) is 0. The topological polar surface area (TPSA) is 45.3 Å². The molecular weight excluding hydrogens is 204 g/mol. The Morgan fingerprint density at radius 2 is 1.06 bits per heavy atom. The van der Waals surface area contributed by atoms with Gasteiger partial charge >= 0.3 is 0 Å². The first-order valence-corrected chi connectivity index (χ1v) is 5.89. The fourth-order valence-corrected chi connectivity index (χ4v) is 0.586. The number of epoxide rings is 2. The van der Waals surface area contributed by atoms with Crippen LogP contribution in [-0.4, -0.2) is 36.6 Å². The van der Waals surface area contributed by atoms with E-state index < -0.39 is 0 Å². The van der Waals surface area contributed by atoms with Crippen LogP contribution in [0.2, 0.25) is 0 Å². The van der Waals surface area contributed by atoms with Gasteiger partial charge in [-0.1, -0.05) is 13.0 Å². The molecule has 98 valence electrons. The largest absolute Gasteiger partial charge is 0.400 e. The van der Waals surface area contributed by atoms with E-state index in [2.05, 4.69) is 41.2 Å². The summed E-state index contributed by atoms with van der Waals surface area (Å²) in [7, 11) is 1.00. The molecule has 3 heteroatoms. The van der Waals surface area contributed by atoms with Gasteiger partial charge in [-0.25, -0.2) is 0 Å². The standard InChI is InChI=1S/2C4H8O.C4H8.CH4O/c2*1-3-4(2)5-3;1-3-4-2;1-2/h2*3-4H,1-2H3;3H,1,4H2,2H3;2H,1H3. The Hall–Kier alpha value is -0.380. The Balaban J connectivity index is 0. The highest BCUT2D eigenvalue weighted by Crippen LogP contribution is 2.18. The number of rotatable bonds is 1. The van der Waals surface area contributed by atoms with E-state index in [1.165, 1.54) is 0 Å². The second kappa shape index (κ2) is 11.1. The van der Waals surface area contributed by atoms with E-state index in [-0.39, 0.29) is 0 Å². The molecule has 0 saturated carbocycles. The highest BCUT2D eigenvalue weighted by atomic mass is 16.6. The molecule has 2 fully saturated rings. The smallest absolute Gasteiger partial charge is 0.0811 e. The molecule has 0 bridgehead atoms. The van der Waals surface area contributed by atoms with E-state index in [1.807, 2.05) is 6.08 Å². The first-order valence-electron chi connectivity index (χ1n) is 5.89. The summed E-state index contributed by atoms with van der Waals surface area (Å²) in [6, 6.07) is 0. The third-order valence-electron chi connectivity index (χ3n) is 2.32. The van der Waals surface area contributed by atoms with Gasteiger partial charge in [-0.05, 0) is 34.1 Å². The van der Waals surface area contributed by atoms with Crippen LogP contribution in [0.3, 0.4) is 0 Å². The van der Waals surface area contributed by atoms with Crippen LogP contribution in [0.15, 0.2) is 12.7 Å². The average Bonchev–Trinajstić information content (AvgIpc) is 3.14. The van der Waals surface area contributed by atoms with Crippen molar-refractivity contribution in [3.63, 3.8) is 0 Å². The van der Waals surface area contributed by atoms with Crippen molar-refractivity contribution in [1.82, 2.24) is 0 Å². The zero-order chi connectivity index (χ0) is 13.1. The molecule has 2 rings (SSSR count).